The highest BCUT2D eigenvalue weighted by Crippen LogP contribution is 2.32. The standard InChI is InChI=1S/C12H13F3N2O2/c1-7(2)17-10(6-19-11(17)18)9-4-3-8(5-16-9)12(13,14)15/h3-5,7,10H,6H2,1-2H3. The molecule has 0 aliphatic carbocycles. The molecule has 104 valence electrons. The van der Waals surface area contributed by atoms with Gasteiger partial charge in [-0.2, -0.15) is 13.2 Å². The third kappa shape index (κ3) is 2.64. The molecule has 1 aromatic heterocycles. The minimum Gasteiger partial charge on any atom is -0.447 e. The number of pyridine rings is 1. The smallest absolute Gasteiger partial charge is 0.417 e. The highest BCUT2D eigenvalue weighted by molar-refractivity contribution is 5.70. The minimum atomic E-state index is -4.41. The van der Waals surface area contributed by atoms with Gasteiger partial charge in [0.25, 0.3) is 0 Å². The van der Waals surface area contributed by atoms with Gasteiger partial charge < -0.3 is 4.74 Å². The van der Waals surface area contributed by atoms with Gasteiger partial charge in [0.2, 0.25) is 0 Å². The maximum atomic E-state index is 12.4. The van der Waals surface area contributed by atoms with E-state index in [-0.39, 0.29) is 12.6 Å². The number of hydrogen-bond acceptors (Lipinski definition) is 3. The van der Waals surface area contributed by atoms with Crippen LogP contribution in [0.15, 0.2) is 18.3 Å². The predicted molar refractivity (Wildman–Crippen MR) is 60.3 cm³/mol. The zero-order valence-electron chi connectivity index (χ0n) is 10.4. The van der Waals surface area contributed by atoms with Crippen molar-refractivity contribution in [3.05, 3.63) is 29.6 Å². The summed E-state index contributed by atoms with van der Waals surface area (Å²) < 4.78 is 42.2. The molecule has 0 N–H and O–H groups in total. The van der Waals surface area contributed by atoms with Crippen molar-refractivity contribution in [1.29, 1.82) is 0 Å². The van der Waals surface area contributed by atoms with Gasteiger partial charge in [-0.15, -0.1) is 0 Å². The van der Waals surface area contributed by atoms with Gasteiger partial charge >= 0.3 is 12.3 Å². The van der Waals surface area contributed by atoms with E-state index >= 15 is 0 Å². The average molecular weight is 274 g/mol. The summed E-state index contributed by atoms with van der Waals surface area (Å²) in [6.07, 6.45) is -4.11. The van der Waals surface area contributed by atoms with Crippen LogP contribution in [0, 0.1) is 0 Å². The Morgan fingerprint density at radius 1 is 1.42 bits per heavy atom. The molecule has 1 saturated heterocycles. The molecule has 0 saturated carbocycles. The molecule has 1 aromatic rings. The van der Waals surface area contributed by atoms with Gasteiger partial charge in [0.15, 0.2) is 0 Å². The molecule has 2 rings (SSSR count). The Kier molecular flexibility index (Phi) is 3.38. The van der Waals surface area contributed by atoms with Crippen molar-refractivity contribution in [2.45, 2.75) is 32.1 Å². The zero-order chi connectivity index (χ0) is 14.2. The molecule has 0 radical (unpaired) electrons. The molecular formula is C12H13F3N2O2. The van der Waals surface area contributed by atoms with Crippen LogP contribution in [0.1, 0.15) is 31.1 Å². The van der Waals surface area contributed by atoms with Crippen LogP contribution in [0.5, 0.6) is 0 Å². The van der Waals surface area contributed by atoms with E-state index in [1.54, 1.807) is 0 Å². The van der Waals surface area contributed by atoms with Gasteiger partial charge in [-0.05, 0) is 26.0 Å². The van der Waals surface area contributed by atoms with E-state index in [0.717, 1.165) is 12.3 Å². The van der Waals surface area contributed by atoms with Gasteiger partial charge in [0.1, 0.15) is 12.6 Å². The molecule has 7 heteroatoms. The number of hydrogen-bond donors (Lipinski definition) is 0. The summed E-state index contributed by atoms with van der Waals surface area (Å²) in [4.78, 5) is 16.8. The predicted octanol–water partition coefficient (Wildman–Crippen LogP) is 3.00. The minimum absolute atomic E-state index is 0.107. The summed E-state index contributed by atoms with van der Waals surface area (Å²) in [5, 5.41) is 0. The van der Waals surface area contributed by atoms with E-state index < -0.39 is 23.9 Å². The Labute approximate surface area is 108 Å². The van der Waals surface area contributed by atoms with Crippen LogP contribution >= 0.6 is 0 Å². The summed E-state index contributed by atoms with van der Waals surface area (Å²) in [6.45, 7) is 3.72. The fraction of sp³-hybridized carbons (Fsp3) is 0.500. The van der Waals surface area contributed by atoms with Crippen molar-refractivity contribution < 1.29 is 22.7 Å². The molecule has 1 aliphatic heterocycles. The fourth-order valence-corrected chi connectivity index (χ4v) is 2.00. The molecule has 2 heterocycles. The third-order valence-corrected chi connectivity index (χ3v) is 2.92. The highest BCUT2D eigenvalue weighted by Gasteiger charge is 2.37. The number of alkyl halides is 3. The first kappa shape index (κ1) is 13.6. The number of rotatable bonds is 2. The van der Waals surface area contributed by atoms with Crippen LogP contribution in [0.2, 0.25) is 0 Å². The van der Waals surface area contributed by atoms with Crippen molar-refractivity contribution in [2.24, 2.45) is 0 Å². The Bertz CT molecular complexity index is 471. The van der Waals surface area contributed by atoms with Crippen molar-refractivity contribution in [3.8, 4) is 0 Å². The van der Waals surface area contributed by atoms with Gasteiger partial charge in [-0.25, -0.2) is 4.79 Å². The molecule has 1 aliphatic rings. The lowest BCUT2D eigenvalue weighted by atomic mass is 10.1. The number of aromatic nitrogens is 1. The number of ether oxygens (including phenoxy) is 1. The Morgan fingerprint density at radius 2 is 2.11 bits per heavy atom. The number of carbonyl (C=O) groups is 1. The normalized spacial score (nSPS) is 20.0. The first-order valence-corrected chi connectivity index (χ1v) is 5.79. The van der Waals surface area contributed by atoms with E-state index in [4.69, 9.17) is 4.74 Å². The average Bonchev–Trinajstić information content (AvgIpc) is 2.70. The van der Waals surface area contributed by atoms with Crippen LogP contribution < -0.4 is 0 Å². The van der Waals surface area contributed by atoms with Crippen LogP contribution in [0.3, 0.4) is 0 Å². The summed E-state index contributed by atoms with van der Waals surface area (Å²) in [5.74, 6) is 0. The van der Waals surface area contributed by atoms with Crippen LogP contribution in [-0.4, -0.2) is 28.6 Å². The first-order valence-electron chi connectivity index (χ1n) is 5.79. The second-order valence-corrected chi connectivity index (χ2v) is 4.56. The number of nitrogens with zero attached hydrogens (tertiary/aromatic N) is 2. The van der Waals surface area contributed by atoms with Crippen molar-refractivity contribution in [3.63, 3.8) is 0 Å². The van der Waals surface area contributed by atoms with Crippen molar-refractivity contribution in [1.82, 2.24) is 9.88 Å². The zero-order valence-corrected chi connectivity index (χ0v) is 10.4. The molecule has 1 fully saturated rings. The molecule has 1 atom stereocenters. The summed E-state index contributed by atoms with van der Waals surface area (Å²) in [6, 6.07) is 1.70. The topological polar surface area (TPSA) is 42.4 Å². The van der Waals surface area contributed by atoms with Crippen LogP contribution in [0.25, 0.3) is 0 Å². The molecule has 1 unspecified atom stereocenters. The number of cyclic esters (lactones) is 1. The monoisotopic (exact) mass is 274 g/mol. The maximum absolute atomic E-state index is 12.4. The molecule has 0 spiro atoms. The second kappa shape index (κ2) is 4.71. The van der Waals surface area contributed by atoms with Crippen molar-refractivity contribution in [2.75, 3.05) is 6.61 Å². The Balaban J connectivity index is 2.25. The molecule has 0 bridgehead atoms. The van der Waals surface area contributed by atoms with Crippen LogP contribution in [-0.2, 0) is 10.9 Å². The van der Waals surface area contributed by atoms with E-state index in [2.05, 4.69) is 4.98 Å². The van der Waals surface area contributed by atoms with E-state index in [0.29, 0.717) is 5.69 Å². The summed E-state index contributed by atoms with van der Waals surface area (Å²) in [5.41, 5.74) is -0.412. The molecule has 19 heavy (non-hydrogen) atoms. The molecule has 0 aromatic carbocycles. The largest absolute Gasteiger partial charge is 0.447 e. The lowest BCUT2D eigenvalue weighted by Gasteiger charge is -2.24. The molecular weight excluding hydrogens is 261 g/mol. The van der Waals surface area contributed by atoms with E-state index in [9.17, 15) is 18.0 Å². The molecule has 1 amide bonds. The van der Waals surface area contributed by atoms with Gasteiger partial charge in [0.05, 0.1) is 11.3 Å². The van der Waals surface area contributed by atoms with Gasteiger partial charge in [-0.1, -0.05) is 0 Å². The summed E-state index contributed by atoms with van der Waals surface area (Å²) in [7, 11) is 0. The second-order valence-electron chi connectivity index (χ2n) is 4.56. The molecule has 4 nitrogen and oxygen atoms in total. The van der Waals surface area contributed by atoms with Gasteiger partial charge in [-0.3, -0.25) is 9.88 Å². The lowest BCUT2D eigenvalue weighted by Crippen LogP contribution is -2.34. The fourth-order valence-electron chi connectivity index (χ4n) is 2.00. The SMILES string of the molecule is CC(C)N1C(=O)OCC1c1ccc(C(F)(F)F)cn1. The Hall–Kier alpha value is -1.79. The van der Waals surface area contributed by atoms with Gasteiger partial charge in [0, 0.05) is 12.2 Å². The number of halogens is 3. The highest BCUT2D eigenvalue weighted by atomic mass is 19.4. The van der Waals surface area contributed by atoms with E-state index in [1.165, 1.54) is 11.0 Å². The lowest BCUT2D eigenvalue weighted by molar-refractivity contribution is -0.137. The van der Waals surface area contributed by atoms with Crippen LogP contribution in [0.4, 0.5) is 18.0 Å². The van der Waals surface area contributed by atoms with E-state index in [1.807, 2.05) is 13.8 Å². The Morgan fingerprint density at radius 3 is 2.58 bits per heavy atom. The third-order valence-electron chi connectivity index (χ3n) is 2.92. The quantitative estimate of drug-likeness (QED) is 0.832. The maximum Gasteiger partial charge on any atom is 0.417 e. The number of carbonyl (C=O) groups excluding carboxylic acids is 1. The summed E-state index contributed by atoms with van der Waals surface area (Å²) >= 11 is 0. The first-order chi connectivity index (χ1) is 8.80. The number of amides is 1. The van der Waals surface area contributed by atoms with Crippen molar-refractivity contribution >= 4 is 6.09 Å².